The molecule has 0 atom stereocenters. The Morgan fingerprint density at radius 2 is 1.20 bits per heavy atom. The summed E-state index contributed by atoms with van der Waals surface area (Å²) in [6.07, 6.45) is 0. The Kier molecular flexibility index (Phi) is 6.93. The lowest BCUT2D eigenvalue weighted by Crippen LogP contribution is -2.74. The van der Waals surface area contributed by atoms with E-state index in [-0.39, 0.29) is 0 Å². The molecule has 1 aromatic rings. The van der Waals surface area contributed by atoms with E-state index in [1.807, 2.05) is 0 Å². The van der Waals surface area contributed by atoms with Crippen molar-refractivity contribution < 1.29 is 0 Å². The molecule has 0 aliphatic rings. The highest BCUT2D eigenvalue weighted by Crippen LogP contribution is 2.28. The van der Waals surface area contributed by atoms with Crippen molar-refractivity contribution in [1.82, 2.24) is 9.13 Å². The van der Waals surface area contributed by atoms with Crippen molar-refractivity contribution in [3.05, 3.63) is 30.3 Å². The molecule has 0 saturated heterocycles. The van der Waals surface area contributed by atoms with Gasteiger partial charge in [0.15, 0.2) is 0 Å². The Bertz CT molecular complexity index is 358. The van der Waals surface area contributed by atoms with Crippen LogP contribution in [0, 0.1) is 0 Å². The minimum Gasteiger partial charge on any atom is -0.308 e. The van der Waals surface area contributed by atoms with E-state index in [1.165, 1.54) is 0 Å². The molecule has 0 aliphatic heterocycles. The lowest BCUT2D eigenvalue weighted by molar-refractivity contribution is 0.352. The number of hydrogen-bond donors (Lipinski definition) is 0. The predicted octanol–water partition coefficient (Wildman–Crippen LogP) is 3.43. The maximum absolute atomic E-state index is 2.75. The molecule has 0 aliphatic carbocycles. The third-order valence-electron chi connectivity index (χ3n) is 4.49. The summed E-state index contributed by atoms with van der Waals surface area (Å²) in [6, 6.07) is 11.2. The fraction of sp³-hybridized carbons (Fsp3) is 0.647. The second kappa shape index (κ2) is 7.96. The number of hydrogen-bond acceptors (Lipinski definition) is 2. The van der Waals surface area contributed by atoms with Gasteiger partial charge in [-0.1, -0.05) is 71.9 Å². The standard InChI is InChI=1S/C17H32N2Si/c1-7-18(8-2)20(16(5)6,19(9-3)10-4)17-14-12-11-13-15-17/h11-16H,7-10H2,1-6H3. The van der Waals surface area contributed by atoms with Gasteiger partial charge >= 0.3 is 0 Å². The highest BCUT2D eigenvalue weighted by atomic mass is 28.3. The molecule has 1 rings (SSSR count). The van der Waals surface area contributed by atoms with Gasteiger partial charge < -0.3 is 9.13 Å². The topological polar surface area (TPSA) is 6.48 Å². The van der Waals surface area contributed by atoms with E-state index in [1.54, 1.807) is 5.19 Å². The molecule has 0 amide bonds. The molecular weight excluding hydrogens is 260 g/mol. The Balaban J connectivity index is 3.49. The van der Waals surface area contributed by atoms with Gasteiger partial charge in [-0.25, -0.2) is 0 Å². The normalized spacial score (nSPS) is 12.7. The van der Waals surface area contributed by atoms with E-state index in [4.69, 9.17) is 0 Å². The summed E-state index contributed by atoms with van der Waals surface area (Å²) in [6.45, 7) is 18.6. The molecule has 0 bridgehead atoms. The summed E-state index contributed by atoms with van der Waals surface area (Å²) in [5.74, 6) is 0. The Labute approximate surface area is 127 Å². The van der Waals surface area contributed by atoms with Gasteiger partial charge in [0.1, 0.15) is 0 Å². The minimum absolute atomic E-state index is 0.671. The fourth-order valence-corrected chi connectivity index (χ4v) is 9.59. The maximum Gasteiger partial charge on any atom is 0.242 e. The molecule has 0 fully saturated rings. The van der Waals surface area contributed by atoms with Crippen LogP contribution in [0.1, 0.15) is 41.5 Å². The number of benzene rings is 1. The van der Waals surface area contributed by atoms with Crippen molar-refractivity contribution in [3.8, 4) is 0 Å². The highest BCUT2D eigenvalue weighted by molar-refractivity contribution is 6.88. The first-order valence-electron chi connectivity index (χ1n) is 8.14. The molecule has 1 aromatic carbocycles. The van der Waals surface area contributed by atoms with Gasteiger partial charge in [0, 0.05) is 0 Å². The summed E-state index contributed by atoms with van der Waals surface area (Å²) in [4.78, 5) is 0. The Morgan fingerprint density at radius 1 is 0.800 bits per heavy atom. The van der Waals surface area contributed by atoms with Crippen LogP contribution in [0.4, 0.5) is 0 Å². The molecule has 0 aromatic heterocycles. The third-order valence-corrected chi connectivity index (χ3v) is 10.5. The van der Waals surface area contributed by atoms with Crippen LogP contribution in [0.2, 0.25) is 5.54 Å². The van der Waals surface area contributed by atoms with Crippen molar-refractivity contribution in [1.29, 1.82) is 0 Å². The average molecular weight is 293 g/mol. The van der Waals surface area contributed by atoms with Crippen molar-refractivity contribution in [3.63, 3.8) is 0 Å². The lowest BCUT2D eigenvalue weighted by atomic mass is 10.4. The van der Waals surface area contributed by atoms with Crippen molar-refractivity contribution >= 4 is 13.6 Å². The second-order valence-corrected chi connectivity index (χ2v) is 10.0. The molecule has 114 valence electrons. The summed E-state index contributed by atoms with van der Waals surface area (Å²) in [7, 11) is -1.84. The lowest BCUT2D eigenvalue weighted by Gasteiger charge is -2.51. The summed E-state index contributed by atoms with van der Waals surface area (Å²) in [5.41, 5.74) is 0.671. The summed E-state index contributed by atoms with van der Waals surface area (Å²) in [5, 5.41) is 1.56. The molecule has 0 N–H and O–H groups in total. The molecule has 3 heteroatoms. The molecule has 0 unspecified atom stereocenters. The third kappa shape index (κ3) is 3.00. The second-order valence-electron chi connectivity index (χ2n) is 5.59. The van der Waals surface area contributed by atoms with Crippen LogP contribution in [0.25, 0.3) is 0 Å². The van der Waals surface area contributed by atoms with Crippen LogP contribution < -0.4 is 5.19 Å². The first-order valence-corrected chi connectivity index (χ1v) is 10.1. The molecule has 0 saturated carbocycles. The van der Waals surface area contributed by atoms with E-state index in [2.05, 4.69) is 81.0 Å². The quantitative estimate of drug-likeness (QED) is 0.677. The van der Waals surface area contributed by atoms with Gasteiger partial charge in [0.2, 0.25) is 8.40 Å². The molecule has 2 nitrogen and oxygen atoms in total. The van der Waals surface area contributed by atoms with Crippen molar-refractivity contribution in [2.24, 2.45) is 0 Å². The molecular formula is C17H32N2Si. The predicted molar refractivity (Wildman–Crippen MR) is 92.8 cm³/mol. The SMILES string of the molecule is CCN(CC)[Si](c1ccccc1)(C(C)C)N(CC)CC. The van der Waals surface area contributed by atoms with Crippen LogP contribution in [0.15, 0.2) is 30.3 Å². The summed E-state index contributed by atoms with van der Waals surface area (Å²) < 4.78 is 5.50. The van der Waals surface area contributed by atoms with E-state index in [9.17, 15) is 0 Å². The zero-order chi connectivity index (χ0) is 15.2. The Morgan fingerprint density at radius 3 is 1.50 bits per heavy atom. The van der Waals surface area contributed by atoms with Crippen LogP contribution in [-0.2, 0) is 0 Å². The van der Waals surface area contributed by atoms with Gasteiger partial charge in [-0.2, -0.15) is 0 Å². The Hall–Kier alpha value is -0.643. The van der Waals surface area contributed by atoms with Gasteiger partial charge in [-0.3, -0.25) is 0 Å². The van der Waals surface area contributed by atoms with Gasteiger partial charge in [-0.15, -0.1) is 0 Å². The average Bonchev–Trinajstić information content (AvgIpc) is 2.48. The van der Waals surface area contributed by atoms with E-state index in [0.29, 0.717) is 5.54 Å². The van der Waals surface area contributed by atoms with E-state index in [0.717, 1.165) is 26.2 Å². The largest absolute Gasteiger partial charge is 0.308 e. The van der Waals surface area contributed by atoms with Crippen LogP contribution in [-0.4, -0.2) is 43.7 Å². The van der Waals surface area contributed by atoms with Gasteiger partial charge in [-0.05, 0) is 36.9 Å². The van der Waals surface area contributed by atoms with Gasteiger partial charge in [0.05, 0.1) is 0 Å². The smallest absolute Gasteiger partial charge is 0.242 e. The maximum atomic E-state index is 2.75. The minimum atomic E-state index is -1.84. The molecule has 0 heterocycles. The highest BCUT2D eigenvalue weighted by Gasteiger charge is 2.47. The summed E-state index contributed by atoms with van der Waals surface area (Å²) >= 11 is 0. The van der Waals surface area contributed by atoms with Crippen LogP contribution >= 0.6 is 0 Å². The van der Waals surface area contributed by atoms with Crippen LogP contribution in [0.3, 0.4) is 0 Å². The van der Waals surface area contributed by atoms with Crippen molar-refractivity contribution in [2.45, 2.75) is 47.1 Å². The van der Waals surface area contributed by atoms with Crippen LogP contribution in [0.5, 0.6) is 0 Å². The zero-order valence-corrected chi connectivity index (χ0v) is 15.2. The van der Waals surface area contributed by atoms with Gasteiger partial charge in [0.25, 0.3) is 0 Å². The zero-order valence-electron chi connectivity index (χ0n) is 14.2. The number of nitrogens with zero attached hydrogens (tertiary/aromatic N) is 2. The molecule has 0 spiro atoms. The van der Waals surface area contributed by atoms with E-state index >= 15 is 0 Å². The fourth-order valence-electron chi connectivity index (χ4n) is 3.72. The van der Waals surface area contributed by atoms with Crippen molar-refractivity contribution in [2.75, 3.05) is 26.2 Å². The molecule has 20 heavy (non-hydrogen) atoms. The molecule has 0 radical (unpaired) electrons. The first kappa shape index (κ1) is 17.4. The number of rotatable bonds is 8. The van der Waals surface area contributed by atoms with E-state index < -0.39 is 8.40 Å². The first-order chi connectivity index (χ1) is 9.59. The monoisotopic (exact) mass is 292 g/mol.